The number of fused-ring (bicyclic) bond motifs is 1. The Morgan fingerprint density at radius 2 is 2.19 bits per heavy atom. The van der Waals surface area contributed by atoms with Crippen molar-refractivity contribution in [3.05, 3.63) is 47.6 Å². The summed E-state index contributed by atoms with van der Waals surface area (Å²) < 4.78 is 4.97. The fourth-order valence-corrected chi connectivity index (χ4v) is 1.52. The predicted molar refractivity (Wildman–Crippen MR) is 63.6 cm³/mol. The van der Waals surface area contributed by atoms with Crippen LogP contribution in [0.15, 0.2) is 42.1 Å². The van der Waals surface area contributed by atoms with Gasteiger partial charge in [-0.05, 0) is 6.07 Å². The maximum absolute atomic E-state index is 11.7. The quantitative estimate of drug-likeness (QED) is 0.831. The largest absolute Gasteiger partial charge is 0.456 e. The van der Waals surface area contributed by atoms with Gasteiger partial charge >= 0.3 is 5.97 Å². The highest BCUT2D eigenvalue weighted by molar-refractivity contribution is 6.29. The molecule has 0 saturated heterocycles. The second-order valence-corrected chi connectivity index (χ2v) is 3.88. The summed E-state index contributed by atoms with van der Waals surface area (Å²) >= 11 is 5.52. The Balaban J connectivity index is 2.26. The van der Waals surface area contributed by atoms with Crippen molar-refractivity contribution in [3.8, 4) is 0 Å². The minimum absolute atomic E-state index is 0.0277. The van der Waals surface area contributed by atoms with Crippen molar-refractivity contribution in [2.45, 2.75) is 0 Å². The summed E-state index contributed by atoms with van der Waals surface area (Å²) in [5, 5.41) is 1.14. The van der Waals surface area contributed by atoms with E-state index >= 15 is 0 Å². The van der Waals surface area contributed by atoms with Crippen molar-refractivity contribution in [3.63, 3.8) is 0 Å². The second kappa shape index (κ2) is 4.41. The van der Waals surface area contributed by atoms with Crippen LogP contribution in [0.5, 0.6) is 0 Å². The minimum Gasteiger partial charge on any atom is -0.456 e. The Bertz CT molecular complexity index is 545. The van der Waals surface area contributed by atoms with Gasteiger partial charge < -0.3 is 9.72 Å². The Morgan fingerprint density at radius 3 is 2.94 bits per heavy atom. The molecule has 2 aromatic rings. The zero-order chi connectivity index (χ0) is 11.5. The highest BCUT2D eigenvalue weighted by Gasteiger charge is 2.12. The first-order valence-corrected chi connectivity index (χ1v) is 5.13. The highest BCUT2D eigenvalue weighted by Crippen LogP contribution is 2.18. The van der Waals surface area contributed by atoms with E-state index in [1.807, 2.05) is 24.3 Å². The number of esters is 1. The van der Waals surface area contributed by atoms with Crippen LogP contribution in [-0.4, -0.2) is 17.6 Å². The Labute approximate surface area is 97.7 Å². The average molecular weight is 236 g/mol. The molecule has 2 rings (SSSR count). The molecule has 0 unspecified atom stereocenters. The smallest absolute Gasteiger partial charge is 0.340 e. The van der Waals surface area contributed by atoms with Gasteiger partial charge in [0.15, 0.2) is 0 Å². The van der Waals surface area contributed by atoms with E-state index in [2.05, 4.69) is 11.6 Å². The Kier molecular flexibility index (Phi) is 2.97. The first kappa shape index (κ1) is 10.8. The summed E-state index contributed by atoms with van der Waals surface area (Å²) in [6.45, 7) is 3.48. The summed E-state index contributed by atoms with van der Waals surface area (Å²) in [5.41, 5.74) is 1.41. The van der Waals surface area contributed by atoms with Crippen molar-refractivity contribution in [2.24, 2.45) is 0 Å². The molecule has 0 atom stereocenters. The molecular formula is C12H10ClNO2. The number of ether oxygens (including phenoxy) is 1. The van der Waals surface area contributed by atoms with Gasteiger partial charge in [0, 0.05) is 22.1 Å². The van der Waals surface area contributed by atoms with Crippen LogP contribution in [0.4, 0.5) is 0 Å². The fraction of sp³-hybridized carbons (Fsp3) is 0.0833. The lowest BCUT2D eigenvalue weighted by molar-refractivity contribution is 0.0548. The van der Waals surface area contributed by atoms with E-state index in [0.29, 0.717) is 10.6 Å². The van der Waals surface area contributed by atoms with Crippen molar-refractivity contribution < 1.29 is 9.53 Å². The molecule has 16 heavy (non-hydrogen) atoms. The van der Waals surface area contributed by atoms with E-state index in [1.165, 1.54) is 0 Å². The molecule has 1 aromatic heterocycles. The molecule has 0 saturated carbocycles. The molecule has 0 spiro atoms. The molecule has 0 aliphatic carbocycles. The monoisotopic (exact) mass is 235 g/mol. The molecule has 0 radical (unpaired) electrons. The van der Waals surface area contributed by atoms with E-state index < -0.39 is 5.97 Å². The third-order valence-electron chi connectivity index (χ3n) is 2.17. The first-order chi connectivity index (χ1) is 7.68. The van der Waals surface area contributed by atoms with Gasteiger partial charge in [-0.15, -0.1) is 0 Å². The van der Waals surface area contributed by atoms with Gasteiger partial charge in [0.25, 0.3) is 0 Å². The van der Waals surface area contributed by atoms with Gasteiger partial charge in [-0.2, -0.15) is 0 Å². The second-order valence-electron chi connectivity index (χ2n) is 3.34. The van der Waals surface area contributed by atoms with E-state index in [0.717, 1.165) is 10.9 Å². The third kappa shape index (κ3) is 2.09. The molecule has 3 nitrogen and oxygen atoms in total. The first-order valence-electron chi connectivity index (χ1n) is 4.75. The lowest BCUT2D eigenvalue weighted by Crippen LogP contribution is -2.05. The van der Waals surface area contributed by atoms with Gasteiger partial charge in [-0.3, -0.25) is 0 Å². The maximum Gasteiger partial charge on any atom is 0.340 e. The summed E-state index contributed by atoms with van der Waals surface area (Å²) in [6.07, 6.45) is 1.63. The van der Waals surface area contributed by atoms with Crippen molar-refractivity contribution >= 4 is 28.5 Å². The maximum atomic E-state index is 11.7. The number of rotatable bonds is 3. The minimum atomic E-state index is -0.403. The average Bonchev–Trinajstić information content (AvgIpc) is 2.69. The van der Waals surface area contributed by atoms with Crippen molar-refractivity contribution in [2.75, 3.05) is 6.61 Å². The topological polar surface area (TPSA) is 42.1 Å². The van der Waals surface area contributed by atoms with Gasteiger partial charge in [-0.1, -0.05) is 36.4 Å². The highest BCUT2D eigenvalue weighted by atomic mass is 35.5. The summed E-state index contributed by atoms with van der Waals surface area (Å²) in [6, 6.07) is 7.52. The fourth-order valence-electron chi connectivity index (χ4n) is 1.46. The van der Waals surface area contributed by atoms with Gasteiger partial charge in [0.2, 0.25) is 0 Å². The van der Waals surface area contributed by atoms with Crippen LogP contribution < -0.4 is 0 Å². The van der Waals surface area contributed by atoms with E-state index in [1.54, 1.807) is 6.20 Å². The number of H-pyrrole nitrogens is 1. The van der Waals surface area contributed by atoms with Crippen LogP contribution in [0.25, 0.3) is 10.9 Å². The standard InChI is InChI=1S/C12H10ClNO2/c1-8(13)7-16-12(15)10-6-14-11-5-3-2-4-9(10)11/h2-6,14H,1,7H2. The molecule has 4 heteroatoms. The lowest BCUT2D eigenvalue weighted by Gasteiger charge is -2.01. The number of benzene rings is 1. The Hall–Kier alpha value is -1.74. The molecule has 82 valence electrons. The lowest BCUT2D eigenvalue weighted by atomic mass is 10.2. The number of aromatic amines is 1. The number of carbonyl (C=O) groups excluding carboxylic acids is 1. The Morgan fingerprint density at radius 1 is 1.44 bits per heavy atom. The predicted octanol–water partition coefficient (Wildman–Crippen LogP) is 3.08. The molecule has 0 amide bonds. The summed E-state index contributed by atoms with van der Waals surface area (Å²) in [7, 11) is 0. The normalized spacial score (nSPS) is 10.3. The third-order valence-corrected chi connectivity index (χ3v) is 2.28. The molecule has 0 bridgehead atoms. The number of aromatic nitrogens is 1. The van der Waals surface area contributed by atoms with Crippen molar-refractivity contribution in [1.82, 2.24) is 4.98 Å². The summed E-state index contributed by atoms with van der Waals surface area (Å²) in [5.74, 6) is -0.403. The van der Waals surface area contributed by atoms with E-state index in [4.69, 9.17) is 16.3 Å². The molecule has 1 aromatic carbocycles. The summed E-state index contributed by atoms with van der Waals surface area (Å²) in [4.78, 5) is 14.7. The van der Waals surface area contributed by atoms with Crippen LogP contribution in [0.2, 0.25) is 0 Å². The molecule has 0 fully saturated rings. The van der Waals surface area contributed by atoms with Crippen LogP contribution in [0.1, 0.15) is 10.4 Å². The number of hydrogen-bond donors (Lipinski definition) is 1. The number of carbonyl (C=O) groups is 1. The molecule has 0 aliphatic heterocycles. The zero-order valence-electron chi connectivity index (χ0n) is 8.50. The SMILES string of the molecule is C=C(Cl)COC(=O)c1c[nH]c2ccccc12. The molecule has 0 aliphatic rings. The molecule has 1 heterocycles. The van der Waals surface area contributed by atoms with Crippen LogP contribution in [0, 0.1) is 0 Å². The van der Waals surface area contributed by atoms with Crippen LogP contribution in [0.3, 0.4) is 0 Å². The number of nitrogens with one attached hydrogen (secondary N) is 1. The van der Waals surface area contributed by atoms with Crippen molar-refractivity contribution in [1.29, 1.82) is 0 Å². The van der Waals surface area contributed by atoms with Crippen LogP contribution >= 0.6 is 11.6 Å². The van der Waals surface area contributed by atoms with Gasteiger partial charge in [0.1, 0.15) is 6.61 Å². The van der Waals surface area contributed by atoms with Gasteiger partial charge in [-0.25, -0.2) is 4.79 Å². The van der Waals surface area contributed by atoms with E-state index in [-0.39, 0.29) is 6.61 Å². The zero-order valence-corrected chi connectivity index (χ0v) is 9.25. The molecule has 1 N–H and O–H groups in total. The molecular weight excluding hydrogens is 226 g/mol. The number of para-hydroxylation sites is 1. The number of hydrogen-bond acceptors (Lipinski definition) is 2. The van der Waals surface area contributed by atoms with Gasteiger partial charge in [0.05, 0.1) is 5.56 Å². The van der Waals surface area contributed by atoms with Crippen LogP contribution in [-0.2, 0) is 4.74 Å². The number of halogens is 1. The van der Waals surface area contributed by atoms with E-state index in [9.17, 15) is 4.79 Å².